The van der Waals surface area contributed by atoms with Gasteiger partial charge >= 0.3 is 0 Å². The minimum atomic E-state index is -0.290. The van der Waals surface area contributed by atoms with Crippen molar-refractivity contribution in [3.63, 3.8) is 0 Å². The highest BCUT2D eigenvalue weighted by Crippen LogP contribution is 2.22. The normalized spacial score (nSPS) is 12.2. The van der Waals surface area contributed by atoms with E-state index in [-0.39, 0.29) is 23.7 Å². The van der Waals surface area contributed by atoms with Gasteiger partial charge in [-0.3, -0.25) is 4.79 Å². The van der Waals surface area contributed by atoms with E-state index in [1.165, 1.54) is 12.1 Å². The third-order valence-corrected chi connectivity index (χ3v) is 4.05. The lowest BCUT2D eigenvalue weighted by Gasteiger charge is -2.22. The zero-order chi connectivity index (χ0) is 17.8. The molecule has 0 saturated heterocycles. The molecule has 25 heavy (non-hydrogen) atoms. The SMILES string of the molecule is CC(C)[C@@H](NC(=O)c1cnn(-c2ccccc2)c1)c1ccc(F)cc1. The Labute approximate surface area is 146 Å². The molecule has 1 heterocycles. The third kappa shape index (κ3) is 3.94. The van der Waals surface area contributed by atoms with Crippen molar-refractivity contribution in [3.05, 3.63) is 83.9 Å². The fraction of sp³-hybridized carbons (Fsp3) is 0.200. The first kappa shape index (κ1) is 16.9. The molecule has 1 amide bonds. The molecule has 0 bridgehead atoms. The molecular weight excluding hydrogens is 317 g/mol. The number of para-hydroxylation sites is 1. The molecule has 1 N–H and O–H groups in total. The van der Waals surface area contributed by atoms with Gasteiger partial charge in [0, 0.05) is 6.20 Å². The number of nitrogens with zero attached hydrogens (tertiary/aromatic N) is 2. The largest absolute Gasteiger partial charge is 0.345 e. The summed E-state index contributed by atoms with van der Waals surface area (Å²) in [6.07, 6.45) is 3.25. The number of rotatable bonds is 5. The topological polar surface area (TPSA) is 46.9 Å². The molecule has 128 valence electrons. The molecule has 5 heteroatoms. The lowest BCUT2D eigenvalue weighted by molar-refractivity contribution is 0.0925. The van der Waals surface area contributed by atoms with Gasteiger partial charge in [-0.05, 0) is 35.7 Å². The van der Waals surface area contributed by atoms with E-state index < -0.39 is 0 Å². The Morgan fingerprint density at radius 1 is 1.08 bits per heavy atom. The van der Waals surface area contributed by atoms with Gasteiger partial charge in [0.05, 0.1) is 23.5 Å². The van der Waals surface area contributed by atoms with E-state index in [0.717, 1.165) is 11.3 Å². The Morgan fingerprint density at radius 3 is 2.40 bits per heavy atom. The summed E-state index contributed by atoms with van der Waals surface area (Å²) >= 11 is 0. The van der Waals surface area contributed by atoms with E-state index in [1.54, 1.807) is 29.2 Å². The highest BCUT2D eigenvalue weighted by Gasteiger charge is 2.20. The van der Waals surface area contributed by atoms with Crippen molar-refractivity contribution in [2.75, 3.05) is 0 Å². The molecule has 4 nitrogen and oxygen atoms in total. The molecule has 0 unspecified atom stereocenters. The van der Waals surface area contributed by atoms with Crippen molar-refractivity contribution in [2.45, 2.75) is 19.9 Å². The average molecular weight is 337 g/mol. The Kier molecular flexibility index (Phi) is 4.93. The summed E-state index contributed by atoms with van der Waals surface area (Å²) < 4.78 is 14.8. The first-order valence-electron chi connectivity index (χ1n) is 8.21. The van der Waals surface area contributed by atoms with E-state index in [4.69, 9.17) is 0 Å². The van der Waals surface area contributed by atoms with Crippen molar-refractivity contribution in [3.8, 4) is 5.69 Å². The van der Waals surface area contributed by atoms with Crippen LogP contribution in [0, 0.1) is 11.7 Å². The molecule has 0 aliphatic heterocycles. The average Bonchev–Trinajstić information content (AvgIpc) is 3.11. The van der Waals surface area contributed by atoms with E-state index in [9.17, 15) is 9.18 Å². The number of benzene rings is 2. The summed E-state index contributed by atoms with van der Waals surface area (Å²) in [7, 11) is 0. The second-order valence-electron chi connectivity index (χ2n) is 6.26. The zero-order valence-corrected chi connectivity index (χ0v) is 14.2. The van der Waals surface area contributed by atoms with E-state index >= 15 is 0 Å². The maximum Gasteiger partial charge on any atom is 0.254 e. The molecule has 3 aromatic rings. The second kappa shape index (κ2) is 7.30. The van der Waals surface area contributed by atoms with Crippen LogP contribution in [0.4, 0.5) is 4.39 Å². The quantitative estimate of drug-likeness (QED) is 0.761. The highest BCUT2D eigenvalue weighted by atomic mass is 19.1. The molecular formula is C20H20FN3O. The van der Waals surface area contributed by atoms with Gasteiger partial charge in [-0.25, -0.2) is 9.07 Å². The molecule has 0 aliphatic rings. The van der Waals surface area contributed by atoms with Crippen molar-refractivity contribution < 1.29 is 9.18 Å². The fourth-order valence-electron chi connectivity index (χ4n) is 2.69. The number of aromatic nitrogens is 2. The van der Waals surface area contributed by atoms with Crippen molar-refractivity contribution in [2.24, 2.45) is 5.92 Å². The van der Waals surface area contributed by atoms with E-state index in [0.29, 0.717) is 5.56 Å². The van der Waals surface area contributed by atoms with Crippen molar-refractivity contribution in [1.82, 2.24) is 15.1 Å². The smallest absolute Gasteiger partial charge is 0.254 e. The summed E-state index contributed by atoms with van der Waals surface area (Å²) in [5.41, 5.74) is 2.25. The van der Waals surface area contributed by atoms with E-state index in [1.807, 2.05) is 44.2 Å². The number of carbonyl (C=O) groups is 1. The van der Waals surface area contributed by atoms with Gasteiger partial charge in [0.15, 0.2) is 0 Å². The molecule has 0 spiro atoms. The maximum absolute atomic E-state index is 13.1. The fourth-order valence-corrected chi connectivity index (χ4v) is 2.69. The van der Waals surface area contributed by atoms with Crippen molar-refractivity contribution >= 4 is 5.91 Å². The number of amides is 1. The summed E-state index contributed by atoms with van der Waals surface area (Å²) in [6.45, 7) is 4.03. The number of hydrogen-bond acceptors (Lipinski definition) is 2. The van der Waals surface area contributed by atoms with Gasteiger partial charge in [-0.15, -0.1) is 0 Å². The van der Waals surface area contributed by atoms with Crippen LogP contribution in [0.15, 0.2) is 67.0 Å². The summed E-state index contributed by atoms with van der Waals surface area (Å²) in [4.78, 5) is 12.6. The second-order valence-corrected chi connectivity index (χ2v) is 6.26. The minimum Gasteiger partial charge on any atom is -0.345 e. The van der Waals surface area contributed by atoms with Crippen LogP contribution in [0.5, 0.6) is 0 Å². The minimum absolute atomic E-state index is 0.165. The summed E-state index contributed by atoms with van der Waals surface area (Å²) in [5.74, 6) is -0.328. The molecule has 0 radical (unpaired) electrons. The molecule has 0 fully saturated rings. The van der Waals surface area contributed by atoms with Crippen LogP contribution in [0.2, 0.25) is 0 Å². The Morgan fingerprint density at radius 2 is 1.76 bits per heavy atom. The molecule has 1 aromatic heterocycles. The van der Waals surface area contributed by atoms with Crippen LogP contribution in [0.3, 0.4) is 0 Å². The predicted molar refractivity (Wildman–Crippen MR) is 95.0 cm³/mol. The van der Waals surface area contributed by atoms with Crippen LogP contribution in [0.25, 0.3) is 5.69 Å². The van der Waals surface area contributed by atoms with Gasteiger partial charge in [0.1, 0.15) is 5.82 Å². The van der Waals surface area contributed by atoms with Crippen LogP contribution < -0.4 is 5.32 Å². The van der Waals surface area contributed by atoms with Crippen LogP contribution >= 0.6 is 0 Å². The van der Waals surface area contributed by atoms with E-state index in [2.05, 4.69) is 10.4 Å². The van der Waals surface area contributed by atoms with Crippen LogP contribution in [-0.4, -0.2) is 15.7 Å². The molecule has 3 rings (SSSR count). The van der Waals surface area contributed by atoms with Gasteiger partial charge in [-0.1, -0.05) is 44.2 Å². The van der Waals surface area contributed by atoms with Crippen molar-refractivity contribution in [1.29, 1.82) is 0 Å². The van der Waals surface area contributed by atoms with Gasteiger partial charge in [0.2, 0.25) is 0 Å². The van der Waals surface area contributed by atoms with Gasteiger partial charge in [0.25, 0.3) is 5.91 Å². The lowest BCUT2D eigenvalue weighted by Crippen LogP contribution is -2.31. The number of carbonyl (C=O) groups excluding carboxylic acids is 1. The first-order chi connectivity index (χ1) is 12.0. The first-order valence-corrected chi connectivity index (χ1v) is 8.21. The van der Waals surface area contributed by atoms with Gasteiger partial charge < -0.3 is 5.32 Å². The maximum atomic E-state index is 13.1. The Balaban J connectivity index is 1.78. The molecule has 0 saturated carbocycles. The summed E-state index contributed by atoms with van der Waals surface area (Å²) in [5, 5.41) is 7.27. The lowest BCUT2D eigenvalue weighted by atomic mass is 9.96. The molecule has 2 aromatic carbocycles. The van der Waals surface area contributed by atoms with Gasteiger partial charge in [-0.2, -0.15) is 5.10 Å². The zero-order valence-electron chi connectivity index (χ0n) is 14.2. The standard InChI is InChI=1S/C20H20FN3O/c1-14(2)19(15-8-10-17(21)11-9-15)23-20(25)16-12-22-24(13-16)18-6-4-3-5-7-18/h3-14,19H,1-2H3,(H,23,25)/t19-/m1/s1. The Hall–Kier alpha value is -2.95. The predicted octanol–water partition coefficient (Wildman–Crippen LogP) is 4.14. The van der Waals surface area contributed by atoms with Crippen LogP contribution in [-0.2, 0) is 0 Å². The Bertz CT molecular complexity index is 841. The number of hydrogen-bond donors (Lipinski definition) is 1. The number of halogens is 1. The summed E-state index contributed by atoms with van der Waals surface area (Å²) in [6, 6.07) is 15.6. The number of nitrogens with one attached hydrogen (secondary N) is 1. The molecule has 0 aliphatic carbocycles. The monoisotopic (exact) mass is 337 g/mol. The third-order valence-electron chi connectivity index (χ3n) is 4.05. The van der Waals surface area contributed by atoms with Crippen LogP contribution in [0.1, 0.15) is 35.8 Å². The highest BCUT2D eigenvalue weighted by molar-refractivity contribution is 5.94. The molecule has 1 atom stereocenters.